The molecule has 1 atom stereocenters. The molecule has 1 aromatic rings. The molecule has 1 heterocycles. The van der Waals surface area contributed by atoms with Gasteiger partial charge in [-0.2, -0.15) is 0 Å². The van der Waals surface area contributed by atoms with Crippen LogP contribution in [0.25, 0.3) is 0 Å². The zero-order valence-electron chi connectivity index (χ0n) is 10.8. The zero-order valence-corrected chi connectivity index (χ0v) is 10.8. The molecule has 1 saturated heterocycles. The topological polar surface area (TPSA) is 93.7 Å². The van der Waals surface area contributed by atoms with E-state index in [1.54, 1.807) is 18.2 Å². The Kier molecular flexibility index (Phi) is 4.31. The highest BCUT2D eigenvalue weighted by atomic mass is 16.5. The number of morpholine rings is 1. The molecule has 2 rings (SSSR count). The summed E-state index contributed by atoms with van der Waals surface area (Å²) in [5.41, 5.74) is 0.770. The molecular weight excluding hydrogens is 264 g/mol. The summed E-state index contributed by atoms with van der Waals surface area (Å²) >= 11 is 0. The SMILES string of the molecule is COC(=O)c1cccc(NC(=O)C2COCC(=O)N2)c1. The number of anilines is 1. The summed E-state index contributed by atoms with van der Waals surface area (Å²) in [6.45, 7) is 0.0792. The molecule has 106 valence electrons. The third kappa shape index (κ3) is 3.33. The Morgan fingerprint density at radius 1 is 1.45 bits per heavy atom. The van der Waals surface area contributed by atoms with E-state index in [2.05, 4.69) is 15.4 Å². The van der Waals surface area contributed by atoms with Crippen molar-refractivity contribution in [3.05, 3.63) is 29.8 Å². The standard InChI is InChI=1S/C13H14N2O5/c1-19-13(18)8-3-2-4-9(5-8)14-12(17)10-6-20-7-11(16)15-10/h2-5,10H,6-7H2,1H3,(H,14,17)(H,15,16). The number of carbonyl (C=O) groups excluding carboxylic acids is 3. The van der Waals surface area contributed by atoms with Crippen LogP contribution in [-0.2, 0) is 19.1 Å². The molecule has 0 saturated carbocycles. The monoisotopic (exact) mass is 278 g/mol. The van der Waals surface area contributed by atoms with Crippen molar-refractivity contribution in [2.45, 2.75) is 6.04 Å². The van der Waals surface area contributed by atoms with Gasteiger partial charge in [0.1, 0.15) is 12.6 Å². The quantitative estimate of drug-likeness (QED) is 0.755. The number of methoxy groups -OCH3 is 1. The first kappa shape index (κ1) is 14.0. The molecule has 0 spiro atoms. The summed E-state index contributed by atoms with van der Waals surface area (Å²) < 4.78 is 9.58. The van der Waals surface area contributed by atoms with Gasteiger partial charge < -0.3 is 20.1 Å². The summed E-state index contributed by atoms with van der Waals surface area (Å²) in [5, 5.41) is 5.13. The van der Waals surface area contributed by atoms with Crippen LogP contribution < -0.4 is 10.6 Å². The van der Waals surface area contributed by atoms with Gasteiger partial charge in [0.2, 0.25) is 11.8 Å². The molecule has 7 heteroatoms. The average Bonchev–Trinajstić information content (AvgIpc) is 2.46. The van der Waals surface area contributed by atoms with E-state index in [0.29, 0.717) is 11.3 Å². The fourth-order valence-electron chi connectivity index (χ4n) is 1.76. The van der Waals surface area contributed by atoms with Gasteiger partial charge in [0, 0.05) is 5.69 Å². The fraction of sp³-hybridized carbons (Fsp3) is 0.308. The maximum absolute atomic E-state index is 11.9. The lowest BCUT2D eigenvalue weighted by molar-refractivity contribution is -0.136. The van der Waals surface area contributed by atoms with Crippen LogP contribution in [0.5, 0.6) is 0 Å². The number of amides is 2. The summed E-state index contributed by atoms with van der Waals surface area (Å²) in [6, 6.07) is 5.59. The predicted molar refractivity (Wildman–Crippen MR) is 69.2 cm³/mol. The normalized spacial score (nSPS) is 18.1. The molecule has 2 amide bonds. The number of carbonyl (C=O) groups is 3. The number of nitrogens with one attached hydrogen (secondary N) is 2. The minimum Gasteiger partial charge on any atom is -0.465 e. The van der Waals surface area contributed by atoms with Crippen molar-refractivity contribution in [2.24, 2.45) is 0 Å². The van der Waals surface area contributed by atoms with Gasteiger partial charge in [-0.25, -0.2) is 4.79 Å². The van der Waals surface area contributed by atoms with E-state index < -0.39 is 17.9 Å². The van der Waals surface area contributed by atoms with Crippen molar-refractivity contribution >= 4 is 23.5 Å². The summed E-state index contributed by atoms with van der Waals surface area (Å²) in [7, 11) is 1.28. The van der Waals surface area contributed by atoms with Crippen LogP contribution in [0, 0.1) is 0 Å². The lowest BCUT2D eigenvalue weighted by Crippen LogP contribution is -2.51. The number of hydrogen-bond acceptors (Lipinski definition) is 5. The molecule has 1 unspecified atom stereocenters. The van der Waals surface area contributed by atoms with E-state index in [-0.39, 0.29) is 19.1 Å². The lowest BCUT2D eigenvalue weighted by Gasteiger charge is -2.22. The highest BCUT2D eigenvalue weighted by molar-refractivity contribution is 5.99. The molecule has 1 aromatic carbocycles. The summed E-state index contributed by atoms with van der Waals surface area (Å²) in [6.07, 6.45) is 0. The van der Waals surface area contributed by atoms with E-state index >= 15 is 0 Å². The van der Waals surface area contributed by atoms with Crippen molar-refractivity contribution in [1.82, 2.24) is 5.32 Å². The molecule has 0 aromatic heterocycles. The maximum atomic E-state index is 11.9. The van der Waals surface area contributed by atoms with Crippen molar-refractivity contribution in [3.8, 4) is 0 Å². The molecule has 0 radical (unpaired) electrons. The van der Waals surface area contributed by atoms with Crippen LogP contribution in [0.1, 0.15) is 10.4 Å². The van der Waals surface area contributed by atoms with Gasteiger partial charge in [0.25, 0.3) is 0 Å². The second-order valence-electron chi connectivity index (χ2n) is 4.20. The third-order valence-electron chi connectivity index (χ3n) is 2.72. The summed E-state index contributed by atoms with van der Waals surface area (Å²) in [4.78, 5) is 34.5. The molecule has 0 aliphatic carbocycles. The van der Waals surface area contributed by atoms with E-state index in [0.717, 1.165) is 0 Å². The number of esters is 1. The van der Waals surface area contributed by atoms with E-state index in [1.165, 1.54) is 13.2 Å². The first-order valence-electron chi connectivity index (χ1n) is 5.96. The minimum absolute atomic E-state index is 0.0401. The maximum Gasteiger partial charge on any atom is 0.337 e. The van der Waals surface area contributed by atoms with E-state index in [4.69, 9.17) is 4.74 Å². The van der Waals surface area contributed by atoms with Crippen LogP contribution >= 0.6 is 0 Å². The first-order chi connectivity index (χ1) is 9.60. The molecule has 1 aliphatic rings. The number of benzene rings is 1. The Hall–Kier alpha value is -2.41. The fourth-order valence-corrected chi connectivity index (χ4v) is 1.76. The van der Waals surface area contributed by atoms with Crippen LogP contribution in [-0.4, -0.2) is 44.1 Å². The second-order valence-corrected chi connectivity index (χ2v) is 4.20. The van der Waals surface area contributed by atoms with Gasteiger partial charge >= 0.3 is 5.97 Å². The Morgan fingerprint density at radius 2 is 2.25 bits per heavy atom. The molecule has 1 fully saturated rings. The van der Waals surface area contributed by atoms with Crippen molar-refractivity contribution < 1.29 is 23.9 Å². The Bertz CT molecular complexity index is 543. The van der Waals surface area contributed by atoms with Gasteiger partial charge in [0.05, 0.1) is 19.3 Å². The van der Waals surface area contributed by atoms with Gasteiger partial charge in [-0.1, -0.05) is 6.07 Å². The van der Waals surface area contributed by atoms with Gasteiger partial charge in [-0.05, 0) is 18.2 Å². The molecule has 0 bridgehead atoms. The largest absolute Gasteiger partial charge is 0.465 e. The van der Waals surface area contributed by atoms with Crippen molar-refractivity contribution in [1.29, 1.82) is 0 Å². The van der Waals surface area contributed by atoms with Gasteiger partial charge in [-0.3, -0.25) is 9.59 Å². The van der Waals surface area contributed by atoms with Crippen LogP contribution in [0.4, 0.5) is 5.69 Å². The van der Waals surface area contributed by atoms with Crippen LogP contribution in [0.15, 0.2) is 24.3 Å². The van der Waals surface area contributed by atoms with Gasteiger partial charge in [0.15, 0.2) is 0 Å². The Morgan fingerprint density at radius 3 is 2.95 bits per heavy atom. The van der Waals surface area contributed by atoms with Crippen LogP contribution in [0.3, 0.4) is 0 Å². The highest BCUT2D eigenvalue weighted by Gasteiger charge is 2.25. The summed E-state index contributed by atoms with van der Waals surface area (Å²) in [5.74, 6) is -1.23. The zero-order chi connectivity index (χ0) is 14.5. The van der Waals surface area contributed by atoms with Gasteiger partial charge in [-0.15, -0.1) is 0 Å². The molecule has 2 N–H and O–H groups in total. The highest BCUT2D eigenvalue weighted by Crippen LogP contribution is 2.12. The molecule has 7 nitrogen and oxygen atoms in total. The molecule has 1 aliphatic heterocycles. The first-order valence-corrected chi connectivity index (χ1v) is 5.96. The van der Waals surface area contributed by atoms with E-state index in [1.807, 2.05) is 0 Å². The smallest absolute Gasteiger partial charge is 0.337 e. The average molecular weight is 278 g/mol. The van der Waals surface area contributed by atoms with Crippen LogP contribution in [0.2, 0.25) is 0 Å². The Balaban J connectivity index is 2.04. The minimum atomic E-state index is -0.738. The Labute approximate surface area is 115 Å². The second kappa shape index (κ2) is 6.16. The van der Waals surface area contributed by atoms with E-state index in [9.17, 15) is 14.4 Å². The van der Waals surface area contributed by atoms with Crippen molar-refractivity contribution in [2.75, 3.05) is 25.6 Å². The van der Waals surface area contributed by atoms with Crippen molar-refractivity contribution in [3.63, 3.8) is 0 Å². The predicted octanol–water partition coefficient (Wildman–Crippen LogP) is -0.0733. The lowest BCUT2D eigenvalue weighted by atomic mass is 10.2. The molecule has 20 heavy (non-hydrogen) atoms. The molecular formula is C13H14N2O5. The third-order valence-corrected chi connectivity index (χ3v) is 2.72. The number of ether oxygens (including phenoxy) is 2. The number of rotatable bonds is 3. The number of hydrogen-bond donors (Lipinski definition) is 2.